The van der Waals surface area contributed by atoms with Crippen LogP contribution in [0.1, 0.15) is 36.0 Å². The minimum Gasteiger partial charge on any atom is -0.395 e. The van der Waals surface area contributed by atoms with Gasteiger partial charge in [-0.2, -0.15) is 0 Å². The lowest BCUT2D eigenvalue weighted by Crippen LogP contribution is -2.41. The number of nitrogens with zero attached hydrogens (tertiary/aromatic N) is 2. The molecule has 0 aromatic carbocycles. The van der Waals surface area contributed by atoms with Gasteiger partial charge in [0, 0.05) is 25.8 Å². The van der Waals surface area contributed by atoms with Crippen LogP contribution in [0.25, 0.3) is 0 Å². The summed E-state index contributed by atoms with van der Waals surface area (Å²) in [7, 11) is 1.76. The molecule has 2 N–H and O–H groups in total. The molecule has 1 fully saturated rings. The topological polar surface area (TPSA) is 65.5 Å². The SMILES string of the molecule is CNc1ncccc1C(=O)N(CCO)C1CCCC1. The molecule has 0 atom stereocenters. The van der Waals surface area contributed by atoms with Crippen molar-refractivity contribution in [3.05, 3.63) is 23.9 Å². The third kappa shape index (κ3) is 3.04. The van der Waals surface area contributed by atoms with E-state index in [0.29, 0.717) is 17.9 Å². The number of hydrogen-bond donors (Lipinski definition) is 2. The zero-order chi connectivity index (χ0) is 13.7. The Bertz CT molecular complexity index is 430. The van der Waals surface area contributed by atoms with Crippen molar-refractivity contribution in [3.8, 4) is 0 Å². The first-order valence-electron chi connectivity index (χ1n) is 6.82. The van der Waals surface area contributed by atoms with Crippen LogP contribution in [-0.4, -0.2) is 47.1 Å². The van der Waals surface area contributed by atoms with E-state index in [9.17, 15) is 9.90 Å². The van der Waals surface area contributed by atoms with Gasteiger partial charge in [-0.15, -0.1) is 0 Å². The molecule has 0 aliphatic heterocycles. The van der Waals surface area contributed by atoms with Crippen molar-refractivity contribution < 1.29 is 9.90 Å². The second kappa shape index (κ2) is 6.52. The largest absolute Gasteiger partial charge is 0.395 e. The summed E-state index contributed by atoms with van der Waals surface area (Å²) in [5.41, 5.74) is 0.574. The zero-order valence-corrected chi connectivity index (χ0v) is 11.3. The number of rotatable bonds is 5. The molecule has 1 amide bonds. The summed E-state index contributed by atoms with van der Waals surface area (Å²) in [6.07, 6.45) is 6.04. The first-order valence-corrected chi connectivity index (χ1v) is 6.82. The van der Waals surface area contributed by atoms with Gasteiger partial charge in [-0.05, 0) is 25.0 Å². The highest BCUT2D eigenvalue weighted by atomic mass is 16.3. The number of nitrogens with one attached hydrogen (secondary N) is 1. The maximum absolute atomic E-state index is 12.6. The van der Waals surface area contributed by atoms with E-state index in [0.717, 1.165) is 25.7 Å². The molecule has 1 aliphatic carbocycles. The van der Waals surface area contributed by atoms with Crippen LogP contribution in [0.3, 0.4) is 0 Å². The van der Waals surface area contributed by atoms with E-state index in [2.05, 4.69) is 10.3 Å². The highest BCUT2D eigenvalue weighted by molar-refractivity contribution is 5.98. The molecule has 1 aliphatic rings. The van der Waals surface area contributed by atoms with Gasteiger partial charge < -0.3 is 15.3 Å². The first-order chi connectivity index (χ1) is 9.27. The van der Waals surface area contributed by atoms with Crippen molar-refractivity contribution in [2.24, 2.45) is 0 Å². The van der Waals surface area contributed by atoms with Crippen molar-refractivity contribution >= 4 is 11.7 Å². The van der Waals surface area contributed by atoms with E-state index in [1.165, 1.54) is 0 Å². The van der Waals surface area contributed by atoms with Crippen molar-refractivity contribution in [2.75, 3.05) is 25.5 Å². The normalized spacial score (nSPS) is 15.5. The number of amides is 1. The molecule has 5 heteroatoms. The summed E-state index contributed by atoms with van der Waals surface area (Å²) in [4.78, 5) is 18.6. The Hall–Kier alpha value is -1.62. The Labute approximate surface area is 113 Å². The Morgan fingerprint density at radius 1 is 1.53 bits per heavy atom. The zero-order valence-electron chi connectivity index (χ0n) is 11.3. The minimum atomic E-state index is -0.0431. The van der Waals surface area contributed by atoms with E-state index in [4.69, 9.17) is 0 Å². The second-order valence-corrected chi connectivity index (χ2v) is 4.81. The van der Waals surface area contributed by atoms with Gasteiger partial charge in [-0.3, -0.25) is 4.79 Å². The lowest BCUT2D eigenvalue weighted by atomic mass is 10.1. The summed E-state index contributed by atoms with van der Waals surface area (Å²) in [6.45, 7) is 0.388. The van der Waals surface area contributed by atoms with Crippen molar-refractivity contribution in [1.82, 2.24) is 9.88 Å². The van der Waals surface area contributed by atoms with Crippen LogP contribution in [-0.2, 0) is 0 Å². The van der Waals surface area contributed by atoms with Crippen LogP contribution in [0.4, 0.5) is 5.82 Å². The van der Waals surface area contributed by atoms with Crippen LogP contribution in [0.15, 0.2) is 18.3 Å². The van der Waals surface area contributed by atoms with E-state index in [1.807, 2.05) is 0 Å². The molecule has 0 unspecified atom stereocenters. The summed E-state index contributed by atoms with van der Waals surface area (Å²) in [6, 6.07) is 3.80. The number of pyridine rings is 1. The quantitative estimate of drug-likeness (QED) is 0.845. The average molecular weight is 263 g/mol. The van der Waals surface area contributed by atoms with Crippen molar-refractivity contribution in [1.29, 1.82) is 0 Å². The number of anilines is 1. The number of carbonyl (C=O) groups is 1. The van der Waals surface area contributed by atoms with E-state index in [-0.39, 0.29) is 18.6 Å². The van der Waals surface area contributed by atoms with Crippen LogP contribution in [0.2, 0.25) is 0 Å². The lowest BCUT2D eigenvalue weighted by Gasteiger charge is -2.28. The maximum Gasteiger partial charge on any atom is 0.257 e. The molecule has 1 aromatic rings. The fourth-order valence-corrected chi connectivity index (χ4v) is 2.71. The van der Waals surface area contributed by atoms with Gasteiger partial charge in [0.15, 0.2) is 0 Å². The molecule has 0 radical (unpaired) electrons. The predicted molar refractivity (Wildman–Crippen MR) is 74.2 cm³/mol. The molecule has 104 valence electrons. The molecule has 5 nitrogen and oxygen atoms in total. The predicted octanol–water partition coefficient (Wildman–Crippen LogP) is 1.50. The lowest BCUT2D eigenvalue weighted by molar-refractivity contribution is 0.0638. The summed E-state index contributed by atoms with van der Waals surface area (Å²) in [5, 5.41) is 12.1. The first kappa shape index (κ1) is 13.8. The fourth-order valence-electron chi connectivity index (χ4n) is 2.71. The number of aliphatic hydroxyl groups is 1. The molecule has 0 spiro atoms. The number of hydrogen-bond acceptors (Lipinski definition) is 4. The molecular formula is C14H21N3O2. The monoisotopic (exact) mass is 263 g/mol. The highest BCUT2D eigenvalue weighted by Gasteiger charge is 2.28. The number of aliphatic hydroxyl groups excluding tert-OH is 1. The molecule has 19 heavy (non-hydrogen) atoms. The van der Waals surface area contributed by atoms with E-state index >= 15 is 0 Å². The molecule has 1 saturated carbocycles. The summed E-state index contributed by atoms with van der Waals surface area (Å²) < 4.78 is 0. The highest BCUT2D eigenvalue weighted by Crippen LogP contribution is 2.25. The number of aromatic nitrogens is 1. The summed E-state index contributed by atoms with van der Waals surface area (Å²) in [5.74, 6) is 0.548. The summed E-state index contributed by atoms with van der Waals surface area (Å²) >= 11 is 0. The van der Waals surface area contributed by atoms with Gasteiger partial charge in [0.05, 0.1) is 12.2 Å². The molecular weight excluding hydrogens is 242 g/mol. The third-order valence-electron chi connectivity index (χ3n) is 3.64. The molecule has 1 heterocycles. The van der Waals surface area contributed by atoms with Gasteiger partial charge in [-0.25, -0.2) is 4.98 Å². The third-order valence-corrected chi connectivity index (χ3v) is 3.64. The van der Waals surface area contributed by atoms with Gasteiger partial charge in [0.1, 0.15) is 5.82 Å². The molecule has 0 bridgehead atoms. The molecule has 1 aromatic heterocycles. The van der Waals surface area contributed by atoms with Crippen LogP contribution >= 0.6 is 0 Å². The van der Waals surface area contributed by atoms with Gasteiger partial charge >= 0.3 is 0 Å². The Balaban J connectivity index is 2.22. The number of carbonyl (C=O) groups excluding carboxylic acids is 1. The second-order valence-electron chi connectivity index (χ2n) is 4.81. The molecule has 2 rings (SSSR count). The minimum absolute atomic E-state index is 0.00259. The fraction of sp³-hybridized carbons (Fsp3) is 0.571. The van der Waals surface area contributed by atoms with Gasteiger partial charge in [0.25, 0.3) is 5.91 Å². The van der Waals surface area contributed by atoms with Crippen LogP contribution < -0.4 is 5.32 Å². The average Bonchev–Trinajstić information content (AvgIpc) is 2.98. The van der Waals surface area contributed by atoms with Crippen molar-refractivity contribution in [3.63, 3.8) is 0 Å². The Morgan fingerprint density at radius 3 is 2.89 bits per heavy atom. The maximum atomic E-state index is 12.6. The smallest absolute Gasteiger partial charge is 0.257 e. The van der Waals surface area contributed by atoms with Crippen molar-refractivity contribution in [2.45, 2.75) is 31.7 Å². The van der Waals surface area contributed by atoms with Crippen LogP contribution in [0, 0.1) is 0 Å². The Kier molecular flexibility index (Phi) is 4.74. The Morgan fingerprint density at radius 2 is 2.26 bits per heavy atom. The van der Waals surface area contributed by atoms with E-state index in [1.54, 1.807) is 30.3 Å². The van der Waals surface area contributed by atoms with Crippen LogP contribution in [0.5, 0.6) is 0 Å². The van der Waals surface area contributed by atoms with Gasteiger partial charge in [0.2, 0.25) is 0 Å². The standard InChI is InChI=1S/C14H21N3O2/c1-15-13-12(7-4-8-16-13)14(19)17(9-10-18)11-5-2-3-6-11/h4,7-8,11,18H,2-3,5-6,9-10H2,1H3,(H,15,16). The molecule has 0 saturated heterocycles. The van der Waals surface area contributed by atoms with E-state index < -0.39 is 0 Å². The van der Waals surface area contributed by atoms with Gasteiger partial charge in [-0.1, -0.05) is 12.8 Å².